The molecule has 23 heavy (non-hydrogen) atoms. The smallest absolute Gasteiger partial charge is 0.328 e. The van der Waals surface area contributed by atoms with Crippen LogP contribution in [0.1, 0.15) is 21.5 Å². The lowest BCUT2D eigenvalue weighted by molar-refractivity contribution is 0.100. The fourth-order valence-electron chi connectivity index (χ4n) is 2.70. The summed E-state index contributed by atoms with van der Waals surface area (Å²) in [6.07, 6.45) is 0.468. The van der Waals surface area contributed by atoms with Crippen molar-refractivity contribution < 1.29 is 14.3 Å². The van der Waals surface area contributed by atoms with Gasteiger partial charge in [0.05, 0.1) is 5.69 Å². The van der Waals surface area contributed by atoms with Crippen LogP contribution in [0.3, 0.4) is 0 Å². The van der Waals surface area contributed by atoms with E-state index in [4.69, 9.17) is 11.5 Å². The maximum Gasteiger partial charge on any atom is 0.328 e. The van der Waals surface area contributed by atoms with Crippen LogP contribution < -0.4 is 11.5 Å². The number of phenolic OH excluding ortho intramolecular Hbond substituents is 1. The lowest BCUT2D eigenvalue weighted by Crippen LogP contribution is -2.16. The highest BCUT2D eigenvalue weighted by Crippen LogP contribution is 2.37. The SMILES string of the molecule is Cc1ccc(O)c(C)c1-c1cn2nc(F)nc2c(C(N)=O)c1N. The number of amides is 1. The summed E-state index contributed by atoms with van der Waals surface area (Å²) in [5, 5.41) is 13.5. The Morgan fingerprint density at radius 2 is 2.04 bits per heavy atom. The van der Waals surface area contributed by atoms with Gasteiger partial charge in [-0.2, -0.15) is 9.37 Å². The lowest BCUT2D eigenvalue weighted by Gasteiger charge is -2.15. The van der Waals surface area contributed by atoms with Crippen molar-refractivity contribution in [3.8, 4) is 16.9 Å². The van der Waals surface area contributed by atoms with Crippen molar-refractivity contribution in [1.82, 2.24) is 14.6 Å². The van der Waals surface area contributed by atoms with Gasteiger partial charge >= 0.3 is 6.08 Å². The van der Waals surface area contributed by atoms with Crippen molar-refractivity contribution in [1.29, 1.82) is 0 Å². The number of aromatic nitrogens is 3. The summed E-state index contributed by atoms with van der Waals surface area (Å²) < 4.78 is 14.5. The number of phenols is 1. The van der Waals surface area contributed by atoms with Gasteiger partial charge in [0.25, 0.3) is 5.91 Å². The molecule has 0 fully saturated rings. The highest BCUT2D eigenvalue weighted by atomic mass is 19.1. The second-order valence-electron chi connectivity index (χ2n) is 5.25. The zero-order valence-corrected chi connectivity index (χ0v) is 12.5. The second-order valence-corrected chi connectivity index (χ2v) is 5.25. The quantitative estimate of drug-likeness (QED) is 0.662. The van der Waals surface area contributed by atoms with Gasteiger partial charge < -0.3 is 16.6 Å². The maximum absolute atomic E-state index is 13.4. The van der Waals surface area contributed by atoms with Crippen LogP contribution in [0.2, 0.25) is 0 Å². The second kappa shape index (κ2) is 4.94. The minimum Gasteiger partial charge on any atom is -0.508 e. The Hall–Kier alpha value is -3.16. The third-order valence-corrected chi connectivity index (χ3v) is 3.80. The highest BCUT2D eigenvalue weighted by molar-refractivity contribution is 6.07. The van der Waals surface area contributed by atoms with Crippen molar-refractivity contribution >= 4 is 17.2 Å². The van der Waals surface area contributed by atoms with Crippen LogP contribution >= 0.6 is 0 Å². The third kappa shape index (κ3) is 2.15. The average molecular weight is 315 g/mol. The number of anilines is 1. The zero-order chi connectivity index (χ0) is 16.9. The van der Waals surface area contributed by atoms with E-state index in [0.29, 0.717) is 16.7 Å². The molecule has 5 N–H and O–H groups in total. The number of primary amides is 1. The first-order valence-corrected chi connectivity index (χ1v) is 6.75. The number of halogens is 1. The Morgan fingerprint density at radius 3 is 2.70 bits per heavy atom. The van der Waals surface area contributed by atoms with E-state index >= 15 is 0 Å². The van der Waals surface area contributed by atoms with E-state index in [2.05, 4.69) is 10.1 Å². The van der Waals surface area contributed by atoms with Crippen LogP contribution in [-0.2, 0) is 0 Å². The van der Waals surface area contributed by atoms with Crippen LogP contribution in [0.4, 0.5) is 10.1 Å². The van der Waals surface area contributed by atoms with Gasteiger partial charge in [0, 0.05) is 11.8 Å². The fraction of sp³-hybridized carbons (Fsp3) is 0.133. The molecule has 2 heterocycles. The molecule has 3 rings (SSSR count). The van der Waals surface area contributed by atoms with Gasteiger partial charge in [-0.05, 0) is 36.6 Å². The number of hydrogen-bond donors (Lipinski definition) is 3. The number of fused-ring (bicyclic) bond motifs is 1. The van der Waals surface area contributed by atoms with Gasteiger partial charge in [-0.25, -0.2) is 4.52 Å². The number of pyridine rings is 1. The molecule has 0 radical (unpaired) electrons. The number of rotatable bonds is 2. The molecule has 0 bridgehead atoms. The molecule has 0 aliphatic heterocycles. The first kappa shape index (κ1) is 14.8. The summed E-state index contributed by atoms with van der Waals surface area (Å²) in [5.41, 5.74) is 13.8. The van der Waals surface area contributed by atoms with Crippen LogP contribution in [0.15, 0.2) is 18.3 Å². The average Bonchev–Trinajstić information content (AvgIpc) is 2.83. The van der Waals surface area contributed by atoms with E-state index in [0.717, 1.165) is 10.1 Å². The number of carbonyl (C=O) groups excluding carboxylic acids is 1. The summed E-state index contributed by atoms with van der Waals surface area (Å²) in [6, 6.07) is 3.28. The summed E-state index contributed by atoms with van der Waals surface area (Å²) in [6.45, 7) is 3.55. The van der Waals surface area contributed by atoms with E-state index in [-0.39, 0.29) is 22.6 Å². The first-order valence-electron chi connectivity index (χ1n) is 6.75. The molecule has 118 valence electrons. The van der Waals surface area contributed by atoms with Crippen molar-refractivity contribution in [2.45, 2.75) is 13.8 Å². The van der Waals surface area contributed by atoms with Gasteiger partial charge in [0.1, 0.15) is 11.3 Å². The minimum atomic E-state index is -0.992. The van der Waals surface area contributed by atoms with Crippen molar-refractivity contribution in [3.05, 3.63) is 41.1 Å². The van der Waals surface area contributed by atoms with Gasteiger partial charge in [-0.3, -0.25) is 4.79 Å². The van der Waals surface area contributed by atoms with Gasteiger partial charge in [-0.15, -0.1) is 5.10 Å². The van der Waals surface area contributed by atoms with Gasteiger partial charge in [0.15, 0.2) is 5.65 Å². The fourth-order valence-corrected chi connectivity index (χ4v) is 2.70. The molecule has 8 heteroatoms. The van der Waals surface area contributed by atoms with E-state index < -0.39 is 12.0 Å². The number of nitrogens with two attached hydrogens (primary N) is 2. The molecule has 1 aromatic carbocycles. The van der Waals surface area contributed by atoms with Crippen LogP contribution in [0.25, 0.3) is 16.8 Å². The molecule has 7 nitrogen and oxygen atoms in total. The van der Waals surface area contributed by atoms with Crippen molar-refractivity contribution in [3.63, 3.8) is 0 Å². The molecular weight excluding hydrogens is 301 g/mol. The summed E-state index contributed by atoms with van der Waals surface area (Å²) in [7, 11) is 0. The lowest BCUT2D eigenvalue weighted by atomic mass is 9.93. The van der Waals surface area contributed by atoms with Crippen molar-refractivity contribution in [2.24, 2.45) is 5.73 Å². The molecule has 0 saturated heterocycles. The standard InChI is InChI=1S/C15H14FN5O2/c1-6-3-4-9(22)7(2)10(6)8-5-21-14(19-15(16)20-21)11(12(8)17)13(18)23/h3-5,22H,17H2,1-2H3,(H2,18,23). The molecule has 0 unspecified atom stereocenters. The van der Waals surface area contributed by atoms with E-state index in [1.54, 1.807) is 19.1 Å². The Balaban J connectivity index is 2.46. The number of nitrogens with zero attached hydrogens (tertiary/aromatic N) is 3. The predicted molar refractivity (Wildman–Crippen MR) is 82.5 cm³/mol. The van der Waals surface area contributed by atoms with E-state index in [1.807, 2.05) is 6.92 Å². The largest absolute Gasteiger partial charge is 0.508 e. The number of hydrogen-bond acceptors (Lipinski definition) is 5. The third-order valence-electron chi connectivity index (χ3n) is 3.80. The molecule has 0 spiro atoms. The van der Waals surface area contributed by atoms with Gasteiger partial charge in [0.2, 0.25) is 0 Å². The molecule has 2 aromatic heterocycles. The molecule has 1 amide bonds. The number of aromatic hydroxyl groups is 1. The normalized spacial score (nSPS) is 11.1. The first-order chi connectivity index (χ1) is 10.8. The summed E-state index contributed by atoms with van der Waals surface area (Å²) >= 11 is 0. The number of benzene rings is 1. The maximum atomic E-state index is 13.4. The van der Waals surface area contributed by atoms with Crippen LogP contribution in [0.5, 0.6) is 5.75 Å². The molecule has 0 aliphatic carbocycles. The van der Waals surface area contributed by atoms with Crippen molar-refractivity contribution in [2.75, 3.05) is 5.73 Å². The Bertz CT molecular complexity index is 964. The highest BCUT2D eigenvalue weighted by Gasteiger charge is 2.22. The molecular formula is C15H14FN5O2. The van der Waals surface area contributed by atoms with E-state index in [1.165, 1.54) is 6.20 Å². The number of nitrogen functional groups attached to an aromatic ring is 1. The Labute approximate surface area is 130 Å². The summed E-state index contributed by atoms with van der Waals surface area (Å²) in [4.78, 5) is 15.3. The topological polar surface area (TPSA) is 120 Å². The zero-order valence-electron chi connectivity index (χ0n) is 12.5. The van der Waals surface area contributed by atoms with Crippen LogP contribution in [0, 0.1) is 19.9 Å². The molecule has 0 aliphatic rings. The van der Waals surface area contributed by atoms with Crippen LogP contribution in [-0.4, -0.2) is 25.6 Å². The monoisotopic (exact) mass is 315 g/mol. The van der Waals surface area contributed by atoms with Gasteiger partial charge in [-0.1, -0.05) is 6.07 Å². The van der Waals surface area contributed by atoms with E-state index in [9.17, 15) is 14.3 Å². The minimum absolute atomic E-state index is 0.0493. The Morgan fingerprint density at radius 1 is 1.35 bits per heavy atom. The molecule has 0 saturated carbocycles. The Kier molecular flexibility index (Phi) is 3.17. The number of carbonyl (C=O) groups is 1. The summed E-state index contributed by atoms with van der Waals surface area (Å²) in [5.74, 6) is -0.757. The molecule has 3 aromatic rings. The predicted octanol–water partition coefficient (Wildman–Crippen LogP) is 1.54. The molecule has 0 atom stereocenters. The number of aryl methyl sites for hydroxylation is 1.